The number of carbonyl (C=O) groups is 1. The molecule has 1 rings (SSSR count). The average Bonchev–Trinajstić information content (AvgIpc) is 2.18. The van der Waals surface area contributed by atoms with Gasteiger partial charge in [-0.15, -0.1) is 0 Å². The molecule has 0 aromatic heterocycles. The number of ether oxygens (including phenoxy) is 1. The molecule has 0 unspecified atom stereocenters. The Morgan fingerprint density at radius 3 is 2.80 bits per heavy atom. The summed E-state index contributed by atoms with van der Waals surface area (Å²) in [4.78, 5) is 11.3. The van der Waals surface area contributed by atoms with Crippen molar-refractivity contribution in [3.05, 3.63) is 23.8 Å². The third kappa shape index (κ3) is 3.16. The molecule has 4 nitrogen and oxygen atoms in total. The minimum atomic E-state index is -0.0536. The van der Waals surface area contributed by atoms with E-state index >= 15 is 0 Å². The van der Waals surface area contributed by atoms with Gasteiger partial charge >= 0.3 is 0 Å². The average molecular weight is 209 g/mol. The number of phenolic OH excluding ortho intramolecular Hbond substituents is 1. The van der Waals surface area contributed by atoms with Gasteiger partial charge in [-0.25, -0.2) is 0 Å². The lowest BCUT2D eigenvalue weighted by Crippen LogP contribution is -2.24. The van der Waals surface area contributed by atoms with Crippen molar-refractivity contribution >= 4 is 5.91 Å². The van der Waals surface area contributed by atoms with Crippen LogP contribution in [-0.2, 0) is 11.2 Å². The molecule has 0 radical (unpaired) electrons. The van der Waals surface area contributed by atoms with Crippen molar-refractivity contribution < 1.29 is 14.6 Å². The molecule has 0 saturated heterocycles. The van der Waals surface area contributed by atoms with E-state index < -0.39 is 0 Å². The second kappa shape index (κ2) is 5.24. The maximum atomic E-state index is 11.3. The van der Waals surface area contributed by atoms with Gasteiger partial charge in [-0.2, -0.15) is 0 Å². The van der Waals surface area contributed by atoms with Crippen LogP contribution in [0.25, 0.3) is 0 Å². The van der Waals surface area contributed by atoms with Gasteiger partial charge in [0, 0.05) is 6.54 Å². The molecule has 2 N–H and O–H groups in total. The van der Waals surface area contributed by atoms with Gasteiger partial charge in [0.05, 0.1) is 13.5 Å². The molecule has 0 fully saturated rings. The molecular formula is C11H15NO3. The number of phenols is 1. The molecule has 1 aromatic carbocycles. The van der Waals surface area contributed by atoms with Gasteiger partial charge in [-0.1, -0.05) is 6.07 Å². The Labute approximate surface area is 88.9 Å². The van der Waals surface area contributed by atoms with Gasteiger partial charge in [0.2, 0.25) is 5.91 Å². The van der Waals surface area contributed by atoms with E-state index in [1.54, 1.807) is 12.1 Å². The van der Waals surface area contributed by atoms with E-state index in [0.717, 1.165) is 5.56 Å². The van der Waals surface area contributed by atoms with Crippen molar-refractivity contribution in [3.63, 3.8) is 0 Å². The highest BCUT2D eigenvalue weighted by Crippen LogP contribution is 2.26. The fourth-order valence-electron chi connectivity index (χ4n) is 1.29. The number of hydrogen-bond acceptors (Lipinski definition) is 3. The standard InChI is InChI=1S/C11H15NO3/c1-3-12-11(14)7-8-4-5-10(15-2)9(13)6-8/h4-6,13H,3,7H2,1-2H3,(H,12,14). The van der Waals surface area contributed by atoms with Crippen LogP contribution in [-0.4, -0.2) is 24.7 Å². The summed E-state index contributed by atoms with van der Waals surface area (Å²) in [6, 6.07) is 4.94. The Bertz CT molecular complexity index is 350. The lowest BCUT2D eigenvalue weighted by Gasteiger charge is -2.06. The van der Waals surface area contributed by atoms with Crippen LogP contribution in [0.5, 0.6) is 11.5 Å². The number of amides is 1. The second-order valence-corrected chi connectivity index (χ2v) is 3.14. The monoisotopic (exact) mass is 209 g/mol. The van der Waals surface area contributed by atoms with Gasteiger partial charge < -0.3 is 15.2 Å². The fraction of sp³-hybridized carbons (Fsp3) is 0.364. The number of methoxy groups -OCH3 is 1. The molecule has 0 spiro atoms. The molecule has 1 amide bonds. The first kappa shape index (κ1) is 11.4. The lowest BCUT2D eigenvalue weighted by molar-refractivity contribution is -0.120. The molecule has 0 atom stereocenters. The number of benzene rings is 1. The Kier molecular flexibility index (Phi) is 3.97. The molecule has 0 heterocycles. The zero-order valence-corrected chi connectivity index (χ0v) is 8.91. The van der Waals surface area contributed by atoms with Crippen LogP contribution in [0, 0.1) is 0 Å². The molecule has 4 heteroatoms. The quantitative estimate of drug-likeness (QED) is 0.780. The SMILES string of the molecule is CCNC(=O)Cc1ccc(OC)c(O)c1. The van der Waals surface area contributed by atoms with Crippen molar-refractivity contribution in [2.75, 3.05) is 13.7 Å². The first-order valence-electron chi connectivity index (χ1n) is 4.80. The highest BCUT2D eigenvalue weighted by atomic mass is 16.5. The topological polar surface area (TPSA) is 58.6 Å². The molecule has 1 aromatic rings. The Hall–Kier alpha value is -1.71. The van der Waals surface area contributed by atoms with Crippen LogP contribution >= 0.6 is 0 Å². The van der Waals surface area contributed by atoms with Gasteiger partial charge in [-0.05, 0) is 24.6 Å². The van der Waals surface area contributed by atoms with E-state index in [4.69, 9.17) is 4.74 Å². The molecule has 0 saturated carbocycles. The summed E-state index contributed by atoms with van der Waals surface area (Å²) in [7, 11) is 1.48. The third-order valence-electron chi connectivity index (χ3n) is 1.98. The highest BCUT2D eigenvalue weighted by Gasteiger charge is 2.05. The van der Waals surface area contributed by atoms with Crippen LogP contribution in [0.2, 0.25) is 0 Å². The second-order valence-electron chi connectivity index (χ2n) is 3.14. The fourth-order valence-corrected chi connectivity index (χ4v) is 1.29. The van der Waals surface area contributed by atoms with Crippen LogP contribution in [0.15, 0.2) is 18.2 Å². The van der Waals surface area contributed by atoms with E-state index in [1.807, 2.05) is 6.92 Å². The van der Waals surface area contributed by atoms with Gasteiger partial charge in [0.1, 0.15) is 0 Å². The Morgan fingerprint density at radius 1 is 1.53 bits per heavy atom. The highest BCUT2D eigenvalue weighted by molar-refractivity contribution is 5.78. The summed E-state index contributed by atoms with van der Waals surface area (Å²) < 4.78 is 4.90. The van der Waals surface area contributed by atoms with Crippen LogP contribution in [0.4, 0.5) is 0 Å². The van der Waals surface area contributed by atoms with E-state index in [-0.39, 0.29) is 18.1 Å². The molecular weight excluding hydrogens is 194 g/mol. The zero-order valence-electron chi connectivity index (χ0n) is 8.91. The summed E-state index contributed by atoms with van der Waals surface area (Å²) >= 11 is 0. The van der Waals surface area contributed by atoms with Crippen molar-refractivity contribution in [3.8, 4) is 11.5 Å². The van der Waals surface area contributed by atoms with Crippen molar-refractivity contribution in [2.45, 2.75) is 13.3 Å². The lowest BCUT2D eigenvalue weighted by atomic mass is 10.1. The smallest absolute Gasteiger partial charge is 0.224 e. The Morgan fingerprint density at radius 2 is 2.27 bits per heavy atom. The summed E-state index contributed by atoms with van der Waals surface area (Å²) in [5.41, 5.74) is 0.763. The van der Waals surface area contributed by atoms with Crippen molar-refractivity contribution in [1.82, 2.24) is 5.32 Å². The summed E-state index contributed by atoms with van der Waals surface area (Å²) in [6.07, 6.45) is 0.269. The zero-order chi connectivity index (χ0) is 11.3. The summed E-state index contributed by atoms with van der Waals surface area (Å²) in [5.74, 6) is 0.413. The maximum absolute atomic E-state index is 11.3. The van der Waals surface area contributed by atoms with Gasteiger partial charge in [0.15, 0.2) is 11.5 Å². The first-order chi connectivity index (χ1) is 7.17. The minimum absolute atomic E-state index is 0.0536. The largest absolute Gasteiger partial charge is 0.504 e. The number of nitrogens with one attached hydrogen (secondary N) is 1. The Balaban J connectivity index is 2.71. The molecule has 0 aliphatic carbocycles. The van der Waals surface area contributed by atoms with E-state index in [9.17, 15) is 9.90 Å². The normalized spacial score (nSPS) is 9.73. The molecule has 0 aliphatic rings. The van der Waals surface area contributed by atoms with Crippen molar-refractivity contribution in [2.24, 2.45) is 0 Å². The molecule has 0 bridgehead atoms. The van der Waals surface area contributed by atoms with Crippen molar-refractivity contribution in [1.29, 1.82) is 0 Å². The van der Waals surface area contributed by atoms with Crippen LogP contribution < -0.4 is 10.1 Å². The van der Waals surface area contributed by atoms with Gasteiger partial charge in [-0.3, -0.25) is 4.79 Å². The first-order valence-corrected chi connectivity index (χ1v) is 4.80. The van der Waals surface area contributed by atoms with E-state index in [1.165, 1.54) is 13.2 Å². The maximum Gasteiger partial charge on any atom is 0.224 e. The van der Waals surface area contributed by atoms with E-state index in [2.05, 4.69) is 5.32 Å². The van der Waals surface area contributed by atoms with Gasteiger partial charge in [0.25, 0.3) is 0 Å². The predicted octanol–water partition coefficient (Wildman–Crippen LogP) is 1.08. The minimum Gasteiger partial charge on any atom is -0.504 e. The number of hydrogen-bond donors (Lipinski definition) is 2. The number of rotatable bonds is 4. The summed E-state index contributed by atoms with van der Waals surface area (Å²) in [6.45, 7) is 2.48. The number of likely N-dealkylation sites (N-methyl/N-ethyl adjacent to an activating group) is 1. The van der Waals surface area contributed by atoms with Crippen LogP contribution in [0.1, 0.15) is 12.5 Å². The molecule has 0 aliphatic heterocycles. The predicted molar refractivity (Wildman–Crippen MR) is 57.0 cm³/mol. The number of carbonyl (C=O) groups excluding carboxylic acids is 1. The van der Waals surface area contributed by atoms with E-state index in [0.29, 0.717) is 12.3 Å². The number of aromatic hydroxyl groups is 1. The van der Waals surface area contributed by atoms with Crippen LogP contribution in [0.3, 0.4) is 0 Å². The molecule has 82 valence electrons. The summed E-state index contributed by atoms with van der Waals surface area (Å²) in [5, 5.41) is 12.2. The molecule has 15 heavy (non-hydrogen) atoms. The third-order valence-corrected chi connectivity index (χ3v) is 1.98.